The Morgan fingerprint density at radius 3 is 2.64 bits per heavy atom. The van der Waals surface area contributed by atoms with E-state index in [1.54, 1.807) is 0 Å². The van der Waals surface area contributed by atoms with Crippen molar-refractivity contribution >= 4 is 0 Å². The second-order valence-electron chi connectivity index (χ2n) is 4.32. The third-order valence-corrected chi connectivity index (χ3v) is 3.47. The minimum atomic E-state index is -0.0683. The SMILES string of the molecule is CC[C@]1(C)CCCC(C)[C@@H]1O. The summed E-state index contributed by atoms with van der Waals surface area (Å²) in [6.45, 7) is 6.56. The van der Waals surface area contributed by atoms with Gasteiger partial charge in [-0.2, -0.15) is 0 Å². The molecule has 1 rings (SSSR count). The monoisotopic (exact) mass is 156 g/mol. The standard InChI is InChI=1S/C10H20O/c1-4-10(3)7-5-6-8(2)9(10)11/h8-9,11H,4-7H2,1-3H3/t8?,9-,10+/m0/s1. The van der Waals surface area contributed by atoms with Crippen molar-refractivity contribution in [2.45, 2.75) is 52.6 Å². The lowest BCUT2D eigenvalue weighted by molar-refractivity contribution is -0.0386. The highest BCUT2D eigenvalue weighted by Crippen LogP contribution is 2.41. The van der Waals surface area contributed by atoms with E-state index in [9.17, 15) is 5.11 Å². The summed E-state index contributed by atoms with van der Waals surface area (Å²) in [7, 11) is 0. The molecule has 0 amide bonds. The van der Waals surface area contributed by atoms with Gasteiger partial charge in [-0.1, -0.05) is 27.2 Å². The molecule has 0 aromatic carbocycles. The van der Waals surface area contributed by atoms with Crippen molar-refractivity contribution in [1.82, 2.24) is 0 Å². The van der Waals surface area contributed by atoms with Crippen molar-refractivity contribution in [3.63, 3.8) is 0 Å². The molecule has 1 aliphatic rings. The van der Waals surface area contributed by atoms with Crippen molar-refractivity contribution < 1.29 is 5.11 Å². The van der Waals surface area contributed by atoms with Crippen LogP contribution in [0.5, 0.6) is 0 Å². The van der Waals surface area contributed by atoms with Crippen LogP contribution in [-0.2, 0) is 0 Å². The van der Waals surface area contributed by atoms with Gasteiger partial charge in [0.15, 0.2) is 0 Å². The number of aliphatic hydroxyl groups is 1. The van der Waals surface area contributed by atoms with E-state index in [0.717, 1.165) is 6.42 Å². The Labute approximate surface area is 69.8 Å². The first-order valence-electron chi connectivity index (χ1n) is 4.78. The van der Waals surface area contributed by atoms with Crippen LogP contribution >= 0.6 is 0 Å². The summed E-state index contributed by atoms with van der Waals surface area (Å²) < 4.78 is 0. The van der Waals surface area contributed by atoms with Crippen LogP contribution in [0.2, 0.25) is 0 Å². The van der Waals surface area contributed by atoms with Gasteiger partial charge in [0, 0.05) is 0 Å². The van der Waals surface area contributed by atoms with Gasteiger partial charge in [0.25, 0.3) is 0 Å². The molecular formula is C10H20O. The molecule has 1 heteroatoms. The minimum Gasteiger partial charge on any atom is -0.392 e. The Morgan fingerprint density at radius 2 is 2.18 bits per heavy atom. The largest absolute Gasteiger partial charge is 0.392 e. The average molecular weight is 156 g/mol. The van der Waals surface area contributed by atoms with Crippen molar-refractivity contribution in [3.8, 4) is 0 Å². The molecule has 1 saturated carbocycles. The molecule has 0 aromatic heterocycles. The maximum Gasteiger partial charge on any atom is 0.0619 e. The third-order valence-electron chi connectivity index (χ3n) is 3.47. The summed E-state index contributed by atoms with van der Waals surface area (Å²) in [4.78, 5) is 0. The number of aliphatic hydroxyl groups excluding tert-OH is 1. The van der Waals surface area contributed by atoms with E-state index in [2.05, 4.69) is 20.8 Å². The fourth-order valence-corrected chi connectivity index (χ4v) is 2.21. The van der Waals surface area contributed by atoms with E-state index in [1.807, 2.05) is 0 Å². The number of rotatable bonds is 1. The molecule has 1 N–H and O–H groups in total. The third kappa shape index (κ3) is 1.58. The van der Waals surface area contributed by atoms with Crippen molar-refractivity contribution in [1.29, 1.82) is 0 Å². The van der Waals surface area contributed by atoms with Crippen LogP contribution in [0.15, 0.2) is 0 Å². The quantitative estimate of drug-likeness (QED) is 0.618. The molecule has 0 radical (unpaired) electrons. The zero-order valence-electron chi connectivity index (χ0n) is 7.93. The minimum absolute atomic E-state index is 0.0683. The van der Waals surface area contributed by atoms with Crippen LogP contribution in [0.3, 0.4) is 0 Å². The average Bonchev–Trinajstić information content (AvgIpc) is 2.00. The van der Waals surface area contributed by atoms with Crippen LogP contribution in [0.1, 0.15) is 46.5 Å². The maximum absolute atomic E-state index is 9.90. The molecule has 11 heavy (non-hydrogen) atoms. The normalized spacial score (nSPS) is 45.8. The molecule has 66 valence electrons. The van der Waals surface area contributed by atoms with Gasteiger partial charge >= 0.3 is 0 Å². The van der Waals surface area contributed by atoms with E-state index in [1.165, 1.54) is 19.3 Å². The van der Waals surface area contributed by atoms with Gasteiger partial charge in [0.05, 0.1) is 6.10 Å². The molecule has 1 fully saturated rings. The molecule has 0 heterocycles. The highest BCUT2D eigenvalue weighted by Gasteiger charge is 2.37. The molecule has 1 unspecified atom stereocenters. The van der Waals surface area contributed by atoms with Crippen LogP contribution in [-0.4, -0.2) is 11.2 Å². The van der Waals surface area contributed by atoms with Crippen LogP contribution < -0.4 is 0 Å². The van der Waals surface area contributed by atoms with Crippen LogP contribution in [0, 0.1) is 11.3 Å². The van der Waals surface area contributed by atoms with E-state index in [-0.39, 0.29) is 11.5 Å². The lowest BCUT2D eigenvalue weighted by Gasteiger charge is -2.41. The predicted octanol–water partition coefficient (Wildman–Crippen LogP) is 2.58. The molecule has 1 nitrogen and oxygen atoms in total. The molecule has 1 aliphatic carbocycles. The molecular weight excluding hydrogens is 136 g/mol. The van der Waals surface area contributed by atoms with Gasteiger partial charge in [-0.25, -0.2) is 0 Å². The van der Waals surface area contributed by atoms with E-state index in [0.29, 0.717) is 5.92 Å². The zero-order chi connectivity index (χ0) is 8.48. The van der Waals surface area contributed by atoms with Crippen LogP contribution in [0.25, 0.3) is 0 Å². The number of hydrogen-bond acceptors (Lipinski definition) is 1. The Morgan fingerprint density at radius 1 is 1.55 bits per heavy atom. The Balaban J connectivity index is 2.64. The molecule has 0 aromatic rings. The molecule has 0 bridgehead atoms. The first-order valence-corrected chi connectivity index (χ1v) is 4.78. The predicted molar refractivity (Wildman–Crippen MR) is 47.4 cm³/mol. The van der Waals surface area contributed by atoms with Crippen LogP contribution in [0.4, 0.5) is 0 Å². The molecule has 0 spiro atoms. The smallest absolute Gasteiger partial charge is 0.0619 e. The summed E-state index contributed by atoms with van der Waals surface area (Å²) in [5.41, 5.74) is 0.206. The highest BCUT2D eigenvalue weighted by molar-refractivity contribution is 4.88. The van der Waals surface area contributed by atoms with Gasteiger partial charge in [0.2, 0.25) is 0 Å². The van der Waals surface area contributed by atoms with Gasteiger partial charge in [-0.3, -0.25) is 0 Å². The lowest BCUT2D eigenvalue weighted by atomic mass is 9.67. The molecule has 3 atom stereocenters. The summed E-state index contributed by atoms with van der Waals surface area (Å²) in [5, 5.41) is 9.90. The van der Waals surface area contributed by atoms with E-state index in [4.69, 9.17) is 0 Å². The van der Waals surface area contributed by atoms with Gasteiger partial charge in [0.1, 0.15) is 0 Å². The fourth-order valence-electron chi connectivity index (χ4n) is 2.21. The Bertz CT molecular complexity index is 133. The van der Waals surface area contributed by atoms with Crippen molar-refractivity contribution in [2.24, 2.45) is 11.3 Å². The summed E-state index contributed by atoms with van der Waals surface area (Å²) >= 11 is 0. The molecule has 0 aliphatic heterocycles. The molecule has 0 saturated heterocycles. The van der Waals surface area contributed by atoms with Crippen molar-refractivity contribution in [2.75, 3.05) is 0 Å². The lowest BCUT2D eigenvalue weighted by Crippen LogP contribution is -2.40. The van der Waals surface area contributed by atoms with Crippen molar-refractivity contribution in [3.05, 3.63) is 0 Å². The zero-order valence-corrected chi connectivity index (χ0v) is 7.93. The summed E-state index contributed by atoms with van der Waals surface area (Å²) in [6, 6.07) is 0. The summed E-state index contributed by atoms with van der Waals surface area (Å²) in [6.07, 6.45) is 4.74. The van der Waals surface area contributed by atoms with Gasteiger partial charge < -0.3 is 5.11 Å². The fraction of sp³-hybridized carbons (Fsp3) is 1.00. The highest BCUT2D eigenvalue weighted by atomic mass is 16.3. The second kappa shape index (κ2) is 3.14. The number of hydrogen-bond donors (Lipinski definition) is 1. The Kier molecular flexibility index (Phi) is 2.58. The Hall–Kier alpha value is -0.0400. The maximum atomic E-state index is 9.90. The first-order chi connectivity index (χ1) is 5.10. The topological polar surface area (TPSA) is 20.2 Å². The van der Waals surface area contributed by atoms with Gasteiger partial charge in [-0.05, 0) is 30.6 Å². The van der Waals surface area contributed by atoms with E-state index >= 15 is 0 Å². The second-order valence-corrected chi connectivity index (χ2v) is 4.32. The first kappa shape index (κ1) is 9.05. The van der Waals surface area contributed by atoms with E-state index < -0.39 is 0 Å². The van der Waals surface area contributed by atoms with Gasteiger partial charge in [-0.15, -0.1) is 0 Å². The summed E-state index contributed by atoms with van der Waals surface area (Å²) in [5.74, 6) is 0.508.